The maximum Gasteiger partial charge on any atom is 0.122 e. The van der Waals surface area contributed by atoms with Crippen LogP contribution in [0.4, 0.5) is 0 Å². The molecule has 0 heterocycles. The van der Waals surface area contributed by atoms with E-state index in [1.165, 1.54) is 21.5 Å². The summed E-state index contributed by atoms with van der Waals surface area (Å²) < 4.78 is 6.40. The molecule has 0 fully saturated rings. The zero-order valence-corrected chi connectivity index (χ0v) is 21.9. The molecule has 35 heavy (non-hydrogen) atoms. The fourth-order valence-corrected chi connectivity index (χ4v) is 9.12. The normalized spacial score (nSPS) is 11.5. The number of hydrogen-bond acceptors (Lipinski definition) is 2. The van der Waals surface area contributed by atoms with Gasteiger partial charge in [0.05, 0.1) is 12.8 Å². The van der Waals surface area contributed by atoms with Crippen molar-refractivity contribution in [1.82, 2.24) is 4.90 Å². The van der Waals surface area contributed by atoms with E-state index in [-0.39, 0.29) is 0 Å². The van der Waals surface area contributed by atoms with Crippen LogP contribution in [-0.4, -0.2) is 38.3 Å². The molecule has 0 unspecified atom stereocenters. The van der Waals surface area contributed by atoms with Gasteiger partial charge >= 0.3 is 0 Å². The van der Waals surface area contributed by atoms with E-state index in [0.717, 1.165) is 44.3 Å². The summed E-state index contributed by atoms with van der Waals surface area (Å²) in [4.78, 5) is 2.24. The molecule has 0 spiro atoms. The van der Waals surface area contributed by atoms with Crippen LogP contribution in [0.25, 0.3) is 0 Å². The first kappa shape index (κ1) is 25.2. The summed E-state index contributed by atoms with van der Waals surface area (Å²) in [6, 6.07) is 41.8. The van der Waals surface area contributed by atoms with Gasteiger partial charge in [-0.25, -0.2) is 0 Å². The van der Waals surface area contributed by atoms with Gasteiger partial charge in [0.25, 0.3) is 0 Å². The molecule has 0 aliphatic rings. The van der Waals surface area contributed by atoms with Gasteiger partial charge in [-0.15, -0.1) is 0 Å². The van der Waals surface area contributed by atoms with Crippen LogP contribution < -0.4 is 20.7 Å². The van der Waals surface area contributed by atoms with E-state index >= 15 is 0 Å². The molecule has 0 radical (unpaired) electrons. The van der Waals surface area contributed by atoms with Crippen LogP contribution in [-0.2, 0) is 6.42 Å². The van der Waals surface area contributed by atoms with Crippen LogP contribution in [0.2, 0.25) is 0 Å². The zero-order valence-electron chi connectivity index (χ0n) is 21.0. The van der Waals surface area contributed by atoms with Crippen molar-refractivity contribution in [2.24, 2.45) is 0 Å². The fourth-order valence-electron chi connectivity index (χ4n) is 4.80. The predicted octanol–water partition coefficient (Wildman–Crippen LogP) is 5.94. The van der Waals surface area contributed by atoms with Crippen LogP contribution in [0, 0.1) is 0 Å². The van der Waals surface area contributed by atoms with Crippen LogP contribution >= 0.6 is 7.26 Å². The third kappa shape index (κ3) is 6.40. The van der Waals surface area contributed by atoms with Gasteiger partial charge in [-0.05, 0) is 81.5 Å². The lowest BCUT2D eigenvalue weighted by atomic mass is 10.1. The van der Waals surface area contributed by atoms with Gasteiger partial charge in [-0.1, -0.05) is 72.8 Å². The van der Waals surface area contributed by atoms with E-state index in [0.29, 0.717) is 0 Å². The molecule has 4 aromatic rings. The number of ether oxygens (including phenoxy) is 1. The Labute approximate surface area is 211 Å². The third-order valence-electron chi connectivity index (χ3n) is 6.51. The molecule has 0 aromatic heterocycles. The van der Waals surface area contributed by atoms with Crippen molar-refractivity contribution in [3.63, 3.8) is 0 Å². The maximum absolute atomic E-state index is 6.40. The molecule has 0 saturated heterocycles. The zero-order chi connectivity index (χ0) is 24.3. The first-order valence-electron chi connectivity index (χ1n) is 12.6. The Morgan fingerprint density at radius 1 is 0.600 bits per heavy atom. The monoisotopic (exact) mass is 482 g/mol. The van der Waals surface area contributed by atoms with E-state index in [1.54, 1.807) is 0 Å². The Morgan fingerprint density at radius 3 is 1.60 bits per heavy atom. The fraction of sp³-hybridized carbons (Fsp3) is 0.250. The minimum atomic E-state index is -1.80. The predicted molar refractivity (Wildman–Crippen MR) is 153 cm³/mol. The average molecular weight is 483 g/mol. The average Bonchev–Trinajstić information content (AvgIpc) is 2.91. The second-order valence-corrected chi connectivity index (χ2v) is 12.9. The molecule has 180 valence electrons. The summed E-state index contributed by atoms with van der Waals surface area (Å²) >= 11 is 0. The molecule has 4 aromatic carbocycles. The Kier molecular flexibility index (Phi) is 9.12. The summed E-state index contributed by atoms with van der Waals surface area (Å²) in [5, 5.41) is 4.30. The summed E-state index contributed by atoms with van der Waals surface area (Å²) in [5.74, 6) is 1.04. The molecular weight excluding hydrogens is 445 g/mol. The smallest absolute Gasteiger partial charge is 0.122 e. The Hall–Kier alpha value is -2.93. The van der Waals surface area contributed by atoms with Gasteiger partial charge in [0.1, 0.15) is 28.9 Å². The summed E-state index contributed by atoms with van der Waals surface area (Å²) in [6.45, 7) is 1.81. The second-order valence-electron chi connectivity index (χ2n) is 9.26. The molecule has 2 nitrogen and oxygen atoms in total. The number of hydrogen-bond donors (Lipinski definition) is 0. The molecule has 0 aliphatic heterocycles. The van der Waals surface area contributed by atoms with Crippen molar-refractivity contribution in [3.8, 4) is 5.75 Å². The van der Waals surface area contributed by atoms with Gasteiger partial charge < -0.3 is 9.64 Å². The van der Waals surface area contributed by atoms with E-state index in [9.17, 15) is 0 Å². The SMILES string of the molecule is CN(C)CCCc1ccccc1OCCC[P+](c1ccccc1)(c1ccccc1)c1ccccc1. The Balaban J connectivity index is 1.56. The summed E-state index contributed by atoms with van der Waals surface area (Å²) in [7, 11) is 2.46. The molecule has 0 N–H and O–H groups in total. The lowest BCUT2D eigenvalue weighted by Gasteiger charge is -2.27. The number of benzene rings is 4. The highest BCUT2D eigenvalue weighted by atomic mass is 31.2. The molecule has 3 heteroatoms. The largest absolute Gasteiger partial charge is 0.493 e. The summed E-state index contributed by atoms with van der Waals surface area (Å²) in [5.41, 5.74) is 1.31. The molecule has 0 bridgehead atoms. The number of nitrogens with zero attached hydrogens (tertiary/aromatic N) is 1. The van der Waals surface area contributed by atoms with Crippen molar-refractivity contribution in [1.29, 1.82) is 0 Å². The molecule has 4 rings (SSSR count). The minimum absolute atomic E-state index is 0.721. The van der Waals surface area contributed by atoms with Gasteiger partial charge in [-0.2, -0.15) is 0 Å². The van der Waals surface area contributed by atoms with E-state index in [2.05, 4.69) is 134 Å². The van der Waals surface area contributed by atoms with Gasteiger partial charge in [0, 0.05) is 6.42 Å². The topological polar surface area (TPSA) is 12.5 Å². The quantitative estimate of drug-likeness (QED) is 0.183. The van der Waals surface area contributed by atoms with Crippen molar-refractivity contribution in [2.75, 3.05) is 33.4 Å². The molecule has 0 saturated carbocycles. The van der Waals surface area contributed by atoms with Crippen molar-refractivity contribution in [3.05, 3.63) is 121 Å². The molecular formula is C32H37NOP+. The standard InChI is InChI=1S/C32H37NOP/c1-33(2)25-14-17-28-16-12-13-24-32(28)34-26-15-27-35(29-18-6-3-7-19-29,30-20-8-4-9-21-30)31-22-10-5-11-23-31/h3-13,16,18-24H,14-15,17,25-27H2,1-2H3/q+1. The Morgan fingerprint density at radius 2 is 1.09 bits per heavy atom. The molecule has 0 atom stereocenters. The van der Waals surface area contributed by atoms with Crippen LogP contribution in [0.15, 0.2) is 115 Å². The van der Waals surface area contributed by atoms with Gasteiger partial charge in [0.15, 0.2) is 0 Å². The highest BCUT2D eigenvalue weighted by molar-refractivity contribution is 7.95. The van der Waals surface area contributed by atoms with E-state index < -0.39 is 7.26 Å². The number of para-hydroxylation sites is 1. The lowest BCUT2D eigenvalue weighted by molar-refractivity contribution is 0.314. The third-order valence-corrected chi connectivity index (χ3v) is 11.0. The second kappa shape index (κ2) is 12.7. The van der Waals surface area contributed by atoms with E-state index in [4.69, 9.17) is 4.74 Å². The first-order chi connectivity index (χ1) is 17.2. The molecule has 0 amide bonds. The van der Waals surface area contributed by atoms with Gasteiger partial charge in [0.2, 0.25) is 0 Å². The van der Waals surface area contributed by atoms with Crippen molar-refractivity contribution < 1.29 is 4.74 Å². The lowest BCUT2D eigenvalue weighted by Crippen LogP contribution is -2.33. The highest BCUT2D eigenvalue weighted by Gasteiger charge is 2.44. The van der Waals surface area contributed by atoms with Crippen LogP contribution in [0.5, 0.6) is 5.75 Å². The van der Waals surface area contributed by atoms with Crippen LogP contribution in [0.3, 0.4) is 0 Å². The highest BCUT2D eigenvalue weighted by Crippen LogP contribution is 2.55. The minimum Gasteiger partial charge on any atom is -0.493 e. The maximum atomic E-state index is 6.40. The summed E-state index contributed by atoms with van der Waals surface area (Å²) in [6.07, 6.45) is 4.26. The Bertz CT molecular complexity index is 1050. The van der Waals surface area contributed by atoms with Crippen LogP contribution in [0.1, 0.15) is 18.4 Å². The first-order valence-corrected chi connectivity index (χ1v) is 14.6. The number of rotatable bonds is 12. The molecule has 0 aliphatic carbocycles. The van der Waals surface area contributed by atoms with E-state index in [1.807, 2.05) is 0 Å². The van der Waals surface area contributed by atoms with Crippen molar-refractivity contribution >= 4 is 23.2 Å². The van der Waals surface area contributed by atoms with Gasteiger partial charge in [-0.3, -0.25) is 0 Å². The van der Waals surface area contributed by atoms with Crippen molar-refractivity contribution in [2.45, 2.75) is 19.3 Å². The number of aryl methyl sites for hydroxylation is 1.